The van der Waals surface area contributed by atoms with Crippen molar-refractivity contribution >= 4 is 32.5 Å². The van der Waals surface area contributed by atoms with E-state index in [-0.39, 0.29) is 11.7 Å². The molecule has 0 unspecified atom stereocenters. The van der Waals surface area contributed by atoms with Crippen molar-refractivity contribution < 1.29 is 17.6 Å². The fraction of sp³-hybridized carbons (Fsp3) is 0.261. The number of rotatable bonds is 5. The minimum atomic E-state index is -3.57. The van der Waals surface area contributed by atoms with Gasteiger partial charge in [0.25, 0.3) is 0 Å². The molecule has 1 N–H and O–H groups in total. The van der Waals surface area contributed by atoms with Crippen LogP contribution in [0.4, 0.5) is 10.1 Å². The summed E-state index contributed by atoms with van der Waals surface area (Å²) in [5, 5.41) is 9.68. The molecule has 3 heterocycles. The Morgan fingerprint density at radius 1 is 1.06 bits per heavy atom. The van der Waals surface area contributed by atoms with Gasteiger partial charge in [-0.3, -0.25) is 9.48 Å². The van der Waals surface area contributed by atoms with E-state index >= 15 is 0 Å². The summed E-state index contributed by atoms with van der Waals surface area (Å²) in [7, 11) is -1.81. The van der Waals surface area contributed by atoms with Gasteiger partial charge in [0.2, 0.25) is 15.9 Å². The van der Waals surface area contributed by atoms with Gasteiger partial charge in [0.15, 0.2) is 0 Å². The summed E-state index contributed by atoms with van der Waals surface area (Å²) in [4.78, 5) is 15.0. The van der Waals surface area contributed by atoms with Crippen molar-refractivity contribution in [2.75, 3.05) is 11.2 Å². The van der Waals surface area contributed by atoms with Crippen LogP contribution in [-0.2, 0) is 21.9 Å². The van der Waals surface area contributed by atoms with Gasteiger partial charge in [0.05, 0.1) is 47.4 Å². The first-order valence-electron chi connectivity index (χ1n) is 10.7. The molecule has 11 heteroatoms. The highest BCUT2D eigenvalue weighted by Gasteiger charge is 2.49. The SMILES string of the molecule is C[C@@H]1C(=O)N(c2ccc3c(cnn3-c3ccc(F)cc3)c2)[C@H](c2ccn(C)n2)[C@H]1NS(C)(=O)=O. The minimum Gasteiger partial charge on any atom is -0.301 e. The van der Waals surface area contributed by atoms with Crippen LogP contribution in [0.3, 0.4) is 0 Å². The Labute approximate surface area is 195 Å². The van der Waals surface area contributed by atoms with Crippen molar-refractivity contribution in [3.8, 4) is 5.69 Å². The lowest BCUT2D eigenvalue weighted by molar-refractivity contribution is -0.120. The number of hydrogen-bond donors (Lipinski definition) is 1. The van der Waals surface area contributed by atoms with E-state index in [1.54, 1.807) is 64.9 Å². The maximum atomic E-state index is 13.4. The Balaban J connectivity index is 1.59. The molecule has 1 aliphatic heterocycles. The Bertz CT molecular complexity index is 1490. The van der Waals surface area contributed by atoms with Crippen LogP contribution in [0.15, 0.2) is 60.9 Å². The van der Waals surface area contributed by atoms with Crippen LogP contribution in [0.25, 0.3) is 16.6 Å². The molecule has 0 radical (unpaired) electrons. The molecule has 0 aliphatic carbocycles. The lowest BCUT2D eigenvalue weighted by atomic mass is 9.99. The molecular weight excluding hydrogens is 459 g/mol. The molecular formula is C23H23FN6O3S. The highest BCUT2D eigenvalue weighted by molar-refractivity contribution is 7.88. The number of aryl methyl sites for hydroxylation is 1. The van der Waals surface area contributed by atoms with Gasteiger partial charge in [-0.1, -0.05) is 6.92 Å². The maximum Gasteiger partial charge on any atom is 0.232 e. The molecule has 0 bridgehead atoms. The van der Waals surface area contributed by atoms with Gasteiger partial charge in [-0.2, -0.15) is 10.2 Å². The normalized spacial score (nSPS) is 21.0. The molecule has 9 nitrogen and oxygen atoms in total. The molecule has 0 saturated carbocycles. The highest BCUT2D eigenvalue weighted by atomic mass is 32.2. The smallest absolute Gasteiger partial charge is 0.232 e. The molecule has 3 atom stereocenters. The molecule has 0 spiro atoms. The molecule has 34 heavy (non-hydrogen) atoms. The predicted octanol–water partition coefficient (Wildman–Crippen LogP) is 2.54. The maximum absolute atomic E-state index is 13.4. The van der Waals surface area contributed by atoms with Crippen LogP contribution in [0.5, 0.6) is 0 Å². The average molecular weight is 483 g/mol. The van der Waals surface area contributed by atoms with Crippen LogP contribution < -0.4 is 9.62 Å². The Kier molecular flexibility index (Phi) is 5.25. The number of carbonyl (C=O) groups is 1. The Morgan fingerprint density at radius 2 is 1.76 bits per heavy atom. The molecule has 2 aromatic heterocycles. The van der Waals surface area contributed by atoms with Crippen molar-refractivity contribution in [1.29, 1.82) is 0 Å². The Hall–Kier alpha value is -3.57. The third kappa shape index (κ3) is 3.86. The number of fused-ring (bicyclic) bond motifs is 1. The van der Waals surface area contributed by atoms with E-state index < -0.39 is 28.0 Å². The van der Waals surface area contributed by atoms with Gasteiger partial charge >= 0.3 is 0 Å². The zero-order valence-electron chi connectivity index (χ0n) is 18.8. The number of nitrogens with zero attached hydrogens (tertiary/aromatic N) is 5. The fourth-order valence-corrected chi connectivity index (χ4v) is 5.34. The number of carbonyl (C=O) groups excluding carboxylic acids is 1. The molecule has 4 aromatic rings. The number of benzene rings is 2. The summed E-state index contributed by atoms with van der Waals surface area (Å²) < 4.78 is 43.5. The largest absolute Gasteiger partial charge is 0.301 e. The van der Waals surface area contributed by atoms with E-state index in [0.717, 1.165) is 17.2 Å². The zero-order chi connectivity index (χ0) is 24.2. The topological polar surface area (TPSA) is 102 Å². The number of aromatic nitrogens is 4. The van der Waals surface area contributed by atoms with Crippen molar-refractivity contribution in [3.05, 3.63) is 72.4 Å². The summed E-state index contributed by atoms with van der Waals surface area (Å²) in [5.41, 5.74) is 2.69. The van der Waals surface area contributed by atoms with Crippen molar-refractivity contribution in [2.24, 2.45) is 13.0 Å². The number of sulfonamides is 1. The second-order valence-corrected chi connectivity index (χ2v) is 10.3. The summed E-state index contributed by atoms with van der Waals surface area (Å²) in [5.74, 6) is -1.14. The highest BCUT2D eigenvalue weighted by Crippen LogP contribution is 2.40. The number of halogens is 1. The predicted molar refractivity (Wildman–Crippen MR) is 125 cm³/mol. The van der Waals surface area contributed by atoms with Crippen LogP contribution in [-0.4, -0.2) is 46.2 Å². The van der Waals surface area contributed by atoms with E-state index in [1.807, 2.05) is 12.1 Å². The first-order chi connectivity index (χ1) is 16.1. The quantitative estimate of drug-likeness (QED) is 0.471. The van der Waals surface area contributed by atoms with Gasteiger partial charge < -0.3 is 4.90 Å². The fourth-order valence-electron chi connectivity index (χ4n) is 4.51. The van der Waals surface area contributed by atoms with E-state index in [4.69, 9.17) is 0 Å². The minimum absolute atomic E-state index is 0.206. The van der Waals surface area contributed by atoms with E-state index in [2.05, 4.69) is 14.9 Å². The molecule has 176 valence electrons. The average Bonchev–Trinajstić information content (AvgIpc) is 3.46. The first-order valence-corrected chi connectivity index (χ1v) is 12.6. The first kappa shape index (κ1) is 22.2. The van der Waals surface area contributed by atoms with Gasteiger partial charge in [-0.05, 0) is 48.5 Å². The van der Waals surface area contributed by atoms with Crippen LogP contribution in [0.1, 0.15) is 18.7 Å². The third-order valence-electron chi connectivity index (χ3n) is 6.07. The molecule has 1 amide bonds. The third-order valence-corrected chi connectivity index (χ3v) is 6.77. The van der Waals surface area contributed by atoms with Crippen molar-refractivity contribution in [3.63, 3.8) is 0 Å². The molecule has 5 rings (SSSR count). The molecule has 1 fully saturated rings. The van der Waals surface area contributed by atoms with Crippen LogP contribution in [0.2, 0.25) is 0 Å². The molecule has 1 aliphatic rings. The summed E-state index contributed by atoms with van der Waals surface area (Å²) >= 11 is 0. The monoisotopic (exact) mass is 482 g/mol. The second kappa shape index (κ2) is 8.03. The Morgan fingerprint density at radius 3 is 2.41 bits per heavy atom. The lowest BCUT2D eigenvalue weighted by Crippen LogP contribution is -2.41. The van der Waals surface area contributed by atoms with Crippen LogP contribution in [0, 0.1) is 11.7 Å². The van der Waals surface area contributed by atoms with E-state index in [1.165, 1.54) is 12.1 Å². The summed E-state index contributed by atoms with van der Waals surface area (Å²) in [6.45, 7) is 1.71. The van der Waals surface area contributed by atoms with E-state index in [0.29, 0.717) is 17.1 Å². The molecule has 2 aromatic carbocycles. The number of nitrogens with one attached hydrogen (secondary N) is 1. The van der Waals surface area contributed by atoms with Gasteiger partial charge in [-0.25, -0.2) is 22.2 Å². The molecule has 1 saturated heterocycles. The summed E-state index contributed by atoms with van der Waals surface area (Å²) in [6, 6.07) is 12.0. The van der Waals surface area contributed by atoms with Gasteiger partial charge in [0.1, 0.15) is 5.82 Å². The van der Waals surface area contributed by atoms with Gasteiger partial charge in [-0.15, -0.1) is 0 Å². The van der Waals surface area contributed by atoms with E-state index in [9.17, 15) is 17.6 Å². The lowest BCUT2D eigenvalue weighted by Gasteiger charge is -2.27. The number of anilines is 1. The standard InChI is InChI=1S/C23H23FN6O3S/c1-14-21(27-34(3,32)33)22(19-10-11-28(2)26-19)29(23(14)31)18-8-9-20-15(12-18)13-25-30(20)17-6-4-16(24)5-7-17/h4-14,21-22,27H,1-3H3/t14-,21-,22+/m0/s1. The zero-order valence-corrected chi connectivity index (χ0v) is 19.6. The van der Waals surface area contributed by atoms with Gasteiger partial charge in [0, 0.05) is 24.3 Å². The van der Waals surface area contributed by atoms with Crippen molar-refractivity contribution in [1.82, 2.24) is 24.3 Å². The number of amides is 1. The second-order valence-electron chi connectivity index (χ2n) is 8.55. The number of hydrogen-bond acceptors (Lipinski definition) is 5. The van der Waals surface area contributed by atoms with Crippen LogP contribution >= 0.6 is 0 Å². The summed E-state index contributed by atoms with van der Waals surface area (Å²) in [6.07, 6.45) is 4.51. The van der Waals surface area contributed by atoms with Crippen molar-refractivity contribution in [2.45, 2.75) is 19.0 Å².